The van der Waals surface area contributed by atoms with Crippen molar-refractivity contribution in [3.8, 4) is 5.75 Å². The molecule has 2 aromatic rings. The van der Waals surface area contributed by atoms with E-state index in [1.54, 1.807) is 0 Å². The predicted molar refractivity (Wildman–Crippen MR) is 76.6 cm³/mol. The maximum Gasteiger partial charge on any atom is 0.339 e. The molecule has 1 aliphatic rings. The summed E-state index contributed by atoms with van der Waals surface area (Å²) < 4.78 is 5.68. The van der Waals surface area contributed by atoms with Gasteiger partial charge in [-0.1, -0.05) is 18.2 Å². The number of nitrogens with zero attached hydrogens (tertiary/aromatic N) is 1. The van der Waals surface area contributed by atoms with Gasteiger partial charge in [-0.15, -0.1) is 11.8 Å². The maximum atomic E-state index is 11.1. The number of ether oxygens (including phenoxy) is 1. The van der Waals surface area contributed by atoms with Crippen LogP contribution in [-0.2, 0) is 0 Å². The molecule has 0 fully saturated rings. The molecule has 0 aliphatic carbocycles. The zero-order chi connectivity index (χ0) is 13.9. The Kier molecular flexibility index (Phi) is 3.60. The molecule has 20 heavy (non-hydrogen) atoms. The lowest BCUT2D eigenvalue weighted by Crippen LogP contribution is -2.12. The van der Waals surface area contributed by atoms with E-state index in [4.69, 9.17) is 9.84 Å². The fourth-order valence-electron chi connectivity index (χ4n) is 2.23. The van der Waals surface area contributed by atoms with Crippen LogP contribution in [0.4, 0.5) is 0 Å². The Labute approximate surface area is 120 Å². The molecule has 1 atom stereocenters. The molecule has 2 heterocycles. The molecular formula is C15H13NO3S. The van der Waals surface area contributed by atoms with Crippen LogP contribution < -0.4 is 4.74 Å². The average Bonchev–Trinajstić information content (AvgIpc) is 2.88. The second-order valence-electron chi connectivity index (χ2n) is 4.53. The van der Waals surface area contributed by atoms with Crippen molar-refractivity contribution in [1.82, 2.24) is 4.98 Å². The van der Waals surface area contributed by atoms with E-state index in [0.29, 0.717) is 12.4 Å². The highest BCUT2D eigenvalue weighted by atomic mass is 32.2. The van der Waals surface area contributed by atoms with Crippen molar-refractivity contribution in [3.63, 3.8) is 0 Å². The highest BCUT2D eigenvalue weighted by molar-refractivity contribution is 7.99. The van der Waals surface area contributed by atoms with E-state index in [1.165, 1.54) is 28.9 Å². The molecule has 3 rings (SSSR count). The van der Waals surface area contributed by atoms with E-state index in [0.717, 1.165) is 5.75 Å². The quantitative estimate of drug-likeness (QED) is 0.936. The Morgan fingerprint density at radius 1 is 1.40 bits per heavy atom. The van der Waals surface area contributed by atoms with E-state index in [1.807, 2.05) is 23.9 Å². The minimum Gasteiger partial charge on any atom is -0.490 e. The summed E-state index contributed by atoms with van der Waals surface area (Å²) in [7, 11) is 0. The summed E-state index contributed by atoms with van der Waals surface area (Å²) in [6.07, 6.45) is 2.91. The first-order valence-electron chi connectivity index (χ1n) is 6.27. The number of aromatic carboxylic acids is 1. The van der Waals surface area contributed by atoms with Crippen LogP contribution in [0.5, 0.6) is 5.75 Å². The predicted octanol–water partition coefficient (Wildman–Crippen LogP) is 3.05. The first kappa shape index (κ1) is 13.0. The van der Waals surface area contributed by atoms with Crippen molar-refractivity contribution < 1.29 is 14.6 Å². The molecule has 0 spiro atoms. The van der Waals surface area contributed by atoms with Gasteiger partial charge in [-0.05, 0) is 17.7 Å². The number of aromatic nitrogens is 1. The molecule has 1 aromatic heterocycles. The zero-order valence-corrected chi connectivity index (χ0v) is 11.5. The van der Waals surface area contributed by atoms with Crippen LogP contribution in [0.1, 0.15) is 21.8 Å². The number of benzene rings is 1. The van der Waals surface area contributed by atoms with E-state index in [9.17, 15) is 4.79 Å². The molecule has 0 saturated carbocycles. The number of fused-ring (bicyclic) bond motifs is 1. The van der Waals surface area contributed by atoms with Crippen LogP contribution in [0.25, 0.3) is 0 Å². The van der Waals surface area contributed by atoms with Gasteiger partial charge in [0.15, 0.2) is 5.75 Å². The van der Waals surface area contributed by atoms with Crippen LogP contribution in [-0.4, -0.2) is 28.4 Å². The summed E-state index contributed by atoms with van der Waals surface area (Å²) in [5.74, 6) is 0.582. The number of hydrogen-bond donors (Lipinski definition) is 1. The Bertz CT molecular complexity index is 645. The summed E-state index contributed by atoms with van der Waals surface area (Å²) in [5.41, 5.74) is 1.43. The van der Waals surface area contributed by atoms with E-state index < -0.39 is 5.97 Å². The average molecular weight is 287 g/mol. The fraction of sp³-hybridized carbons (Fsp3) is 0.200. The van der Waals surface area contributed by atoms with Gasteiger partial charge in [0.05, 0.1) is 12.8 Å². The molecule has 1 aliphatic heterocycles. The third kappa shape index (κ3) is 2.49. The molecule has 0 radical (unpaired) electrons. The Morgan fingerprint density at radius 2 is 2.25 bits per heavy atom. The molecule has 0 saturated heterocycles. The summed E-state index contributed by atoms with van der Waals surface area (Å²) in [5, 5.41) is 9.10. The highest BCUT2D eigenvalue weighted by Gasteiger charge is 2.23. The molecule has 4 nitrogen and oxygen atoms in total. The SMILES string of the molecule is O=C(O)c1ccncc1OCC1CSc2ccccc21. The fourth-order valence-corrected chi connectivity index (χ4v) is 3.46. The van der Waals surface area contributed by atoms with E-state index in [-0.39, 0.29) is 11.5 Å². The molecule has 5 heteroatoms. The van der Waals surface area contributed by atoms with Crippen molar-refractivity contribution in [2.75, 3.05) is 12.4 Å². The lowest BCUT2D eigenvalue weighted by Gasteiger charge is -2.13. The van der Waals surface area contributed by atoms with Crippen molar-refractivity contribution >= 4 is 17.7 Å². The number of rotatable bonds is 4. The van der Waals surface area contributed by atoms with Gasteiger partial charge in [-0.3, -0.25) is 4.98 Å². The van der Waals surface area contributed by atoms with Crippen LogP contribution in [0.15, 0.2) is 47.6 Å². The maximum absolute atomic E-state index is 11.1. The second kappa shape index (κ2) is 5.54. The van der Waals surface area contributed by atoms with Crippen LogP contribution in [0.3, 0.4) is 0 Å². The Hall–Kier alpha value is -2.01. The van der Waals surface area contributed by atoms with E-state index in [2.05, 4.69) is 17.1 Å². The van der Waals surface area contributed by atoms with Gasteiger partial charge in [0, 0.05) is 22.8 Å². The Balaban J connectivity index is 1.74. The molecule has 0 amide bonds. The lowest BCUT2D eigenvalue weighted by atomic mass is 10.0. The van der Waals surface area contributed by atoms with Crippen LogP contribution >= 0.6 is 11.8 Å². The molecule has 1 unspecified atom stereocenters. The van der Waals surface area contributed by atoms with Gasteiger partial charge >= 0.3 is 5.97 Å². The topological polar surface area (TPSA) is 59.4 Å². The van der Waals surface area contributed by atoms with Gasteiger partial charge in [0.2, 0.25) is 0 Å². The smallest absolute Gasteiger partial charge is 0.339 e. The largest absolute Gasteiger partial charge is 0.490 e. The summed E-state index contributed by atoms with van der Waals surface area (Å²) in [4.78, 5) is 16.3. The minimum absolute atomic E-state index is 0.152. The van der Waals surface area contributed by atoms with Crippen LogP contribution in [0, 0.1) is 0 Å². The van der Waals surface area contributed by atoms with Crippen molar-refractivity contribution in [2.45, 2.75) is 10.8 Å². The number of thioether (sulfide) groups is 1. The first-order valence-corrected chi connectivity index (χ1v) is 7.26. The van der Waals surface area contributed by atoms with Gasteiger partial charge < -0.3 is 9.84 Å². The minimum atomic E-state index is -0.997. The third-order valence-corrected chi connectivity index (χ3v) is 4.51. The van der Waals surface area contributed by atoms with E-state index >= 15 is 0 Å². The Morgan fingerprint density at radius 3 is 3.10 bits per heavy atom. The third-order valence-electron chi connectivity index (χ3n) is 3.25. The molecular weight excluding hydrogens is 274 g/mol. The van der Waals surface area contributed by atoms with Gasteiger partial charge in [0.1, 0.15) is 5.56 Å². The van der Waals surface area contributed by atoms with Crippen molar-refractivity contribution in [1.29, 1.82) is 0 Å². The lowest BCUT2D eigenvalue weighted by molar-refractivity contribution is 0.0691. The normalized spacial score (nSPS) is 16.7. The number of pyridine rings is 1. The molecule has 1 N–H and O–H groups in total. The zero-order valence-electron chi connectivity index (χ0n) is 10.7. The van der Waals surface area contributed by atoms with Gasteiger partial charge in [0.25, 0.3) is 0 Å². The number of hydrogen-bond acceptors (Lipinski definition) is 4. The summed E-state index contributed by atoms with van der Waals surface area (Å²) >= 11 is 1.81. The second-order valence-corrected chi connectivity index (χ2v) is 5.60. The van der Waals surface area contributed by atoms with Gasteiger partial charge in [-0.2, -0.15) is 0 Å². The molecule has 102 valence electrons. The number of carboxylic acids is 1. The monoisotopic (exact) mass is 287 g/mol. The van der Waals surface area contributed by atoms with Gasteiger partial charge in [-0.25, -0.2) is 4.79 Å². The van der Waals surface area contributed by atoms with Crippen LogP contribution in [0.2, 0.25) is 0 Å². The van der Waals surface area contributed by atoms with Crippen molar-refractivity contribution in [3.05, 3.63) is 53.9 Å². The summed E-state index contributed by atoms with van der Waals surface area (Å²) in [6, 6.07) is 9.70. The standard InChI is InChI=1S/C15H13NO3S/c17-15(18)12-5-6-16-7-13(12)19-8-10-9-20-14-4-2-1-3-11(10)14/h1-7,10H,8-9H2,(H,17,18). The highest BCUT2D eigenvalue weighted by Crippen LogP contribution is 2.39. The molecule has 1 aromatic carbocycles. The number of carboxylic acid groups (broad SMARTS) is 1. The molecule has 0 bridgehead atoms. The first-order chi connectivity index (χ1) is 9.75. The summed E-state index contributed by atoms with van der Waals surface area (Å²) in [6.45, 7) is 0.468. The number of carbonyl (C=O) groups is 1. The van der Waals surface area contributed by atoms with Crippen molar-refractivity contribution in [2.24, 2.45) is 0 Å².